The lowest BCUT2D eigenvalue weighted by atomic mass is 10.2. The van der Waals surface area contributed by atoms with Crippen LogP contribution in [0.3, 0.4) is 0 Å². The molecule has 0 fully saturated rings. The van der Waals surface area contributed by atoms with Crippen LogP contribution >= 0.6 is 0 Å². The van der Waals surface area contributed by atoms with E-state index in [1.807, 2.05) is 68.4 Å². The molecule has 5 aromatic rings. The highest BCUT2D eigenvalue weighted by Gasteiger charge is 2.17. The second-order valence-corrected chi connectivity index (χ2v) is 9.71. The molecule has 46 heavy (non-hydrogen) atoms. The summed E-state index contributed by atoms with van der Waals surface area (Å²) in [7, 11) is 0. The molecule has 230 valence electrons. The van der Waals surface area contributed by atoms with Gasteiger partial charge < -0.3 is 18.9 Å². The van der Waals surface area contributed by atoms with Gasteiger partial charge in [0.15, 0.2) is 11.5 Å². The van der Waals surface area contributed by atoms with Crippen molar-refractivity contribution in [2.75, 3.05) is 13.2 Å². The van der Waals surface area contributed by atoms with Gasteiger partial charge in [-0.3, -0.25) is 4.99 Å². The van der Waals surface area contributed by atoms with Gasteiger partial charge in [0.25, 0.3) is 0 Å². The maximum atomic E-state index is 13.1. The molecule has 0 spiro atoms. The number of aliphatic imine (C=N–C) groups is 1. The van der Waals surface area contributed by atoms with E-state index in [2.05, 4.69) is 15.2 Å². The minimum Gasteiger partial charge on any atom is -0.494 e. The summed E-state index contributed by atoms with van der Waals surface area (Å²) in [6.45, 7) is 4.77. The largest absolute Gasteiger partial charge is 0.494 e. The molecule has 5 aromatic carbocycles. The van der Waals surface area contributed by atoms with Crippen molar-refractivity contribution >= 4 is 35.2 Å². The molecule has 9 nitrogen and oxygen atoms in total. The van der Waals surface area contributed by atoms with Gasteiger partial charge >= 0.3 is 11.9 Å². The van der Waals surface area contributed by atoms with E-state index in [1.54, 1.807) is 72.9 Å². The smallest absolute Gasteiger partial charge is 0.343 e. The van der Waals surface area contributed by atoms with Gasteiger partial charge in [0, 0.05) is 6.21 Å². The molecule has 0 unspecified atom stereocenters. The van der Waals surface area contributed by atoms with Crippen LogP contribution in [0.2, 0.25) is 0 Å². The maximum Gasteiger partial charge on any atom is 0.343 e. The van der Waals surface area contributed by atoms with Crippen LogP contribution in [0, 0.1) is 0 Å². The van der Waals surface area contributed by atoms with E-state index in [0.29, 0.717) is 52.8 Å². The van der Waals surface area contributed by atoms with Gasteiger partial charge in [-0.05, 0) is 123 Å². The standard InChI is InChI=1S/C37H31N3O6/c1-3-43-32-19-11-27(12-20-32)36(41)45-34-23-10-26(24-35(34)46-37(42)28-13-21-33(22-14-28)44-4-2)25-38-29-15-17-31(18-16-29)40-39-30-8-6-5-7-9-30/h5-25H,3-4H2,1-2H3. The normalized spacial score (nSPS) is 11.0. The second kappa shape index (κ2) is 15.6. The fourth-order valence-corrected chi connectivity index (χ4v) is 4.16. The zero-order valence-corrected chi connectivity index (χ0v) is 25.3. The van der Waals surface area contributed by atoms with Gasteiger partial charge in [-0.15, -0.1) is 0 Å². The van der Waals surface area contributed by atoms with Crippen LogP contribution in [-0.4, -0.2) is 31.4 Å². The third-order valence-corrected chi connectivity index (χ3v) is 6.42. The number of ether oxygens (including phenoxy) is 4. The van der Waals surface area contributed by atoms with Crippen molar-refractivity contribution in [3.8, 4) is 23.0 Å². The summed E-state index contributed by atoms with van der Waals surface area (Å²) < 4.78 is 22.3. The lowest BCUT2D eigenvalue weighted by Gasteiger charge is -2.12. The topological polar surface area (TPSA) is 108 Å². The number of azo groups is 1. The molecule has 0 saturated carbocycles. The van der Waals surface area contributed by atoms with Crippen molar-refractivity contribution in [1.29, 1.82) is 0 Å². The van der Waals surface area contributed by atoms with Crippen molar-refractivity contribution < 1.29 is 28.5 Å². The number of benzene rings is 5. The third kappa shape index (κ3) is 8.73. The van der Waals surface area contributed by atoms with E-state index >= 15 is 0 Å². The molecule has 0 radical (unpaired) electrons. The number of hydrogen-bond donors (Lipinski definition) is 0. The van der Waals surface area contributed by atoms with Crippen LogP contribution in [0.4, 0.5) is 17.1 Å². The molecular weight excluding hydrogens is 582 g/mol. The van der Waals surface area contributed by atoms with Gasteiger partial charge in [0.2, 0.25) is 0 Å². The van der Waals surface area contributed by atoms with Gasteiger partial charge in [0.1, 0.15) is 11.5 Å². The minimum absolute atomic E-state index is 0.0544. The summed E-state index contributed by atoms with van der Waals surface area (Å²) in [5.41, 5.74) is 3.35. The van der Waals surface area contributed by atoms with Crippen molar-refractivity contribution in [2.45, 2.75) is 13.8 Å². The molecule has 0 aliphatic carbocycles. The Bertz CT molecular complexity index is 1820. The van der Waals surface area contributed by atoms with Crippen LogP contribution < -0.4 is 18.9 Å². The minimum atomic E-state index is -0.629. The third-order valence-electron chi connectivity index (χ3n) is 6.42. The number of hydrogen-bond acceptors (Lipinski definition) is 9. The van der Waals surface area contributed by atoms with Crippen LogP contribution in [-0.2, 0) is 0 Å². The Morgan fingerprint density at radius 3 is 1.61 bits per heavy atom. The lowest BCUT2D eigenvalue weighted by Crippen LogP contribution is -2.13. The van der Waals surface area contributed by atoms with Crippen molar-refractivity contribution in [3.63, 3.8) is 0 Å². The number of carbonyl (C=O) groups is 2. The maximum absolute atomic E-state index is 13.1. The lowest BCUT2D eigenvalue weighted by molar-refractivity contribution is 0.0682. The van der Waals surface area contributed by atoms with Crippen molar-refractivity contribution in [2.24, 2.45) is 15.2 Å². The summed E-state index contributed by atoms with van der Waals surface area (Å²) >= 11 is 0. The van der Waals surface area contributed by atoms with Crippen LogP contribution in [0.1, 0.15) is 40.1 Å². The molecule has 0 atom stereocenters. The van der Waals surface area contributed by atoms with E-state index < -0.39 is 11.9 Å². The Hall–Kier alpha value is -6.09. The van der Waals surface area contributed by atoms with Gasteiger partial charge in [-0.2, -0.15) is 10.2 Å². The zero-order chi connectivity index (χ0) is 32.1. The highest BCUT2D eigenvalue weighted by Crippen LogP contribution is 2.31. The number of carbonyl (C=O) groups excluding carboxylic acids is 2. The molecule has 5 rings (SSSR count). The summed E-state index contributed by atoms with van der Waals surface area (Å²) in [5.74, 6) is 0.152. The second-order valence-electron chi connectivity index (χ2n) is 9.71. The Morgan fingerprint density at radius 2 is 1.07 bits per heavy atom. The zero-order valence-electron chi connectivity index (χ0n) is 25.3. The summed E-state index contributed by atoms with van der Waals surface area (Å²) in [5, 5.41) is 8.48. The number of rotatable bonds is 12. The average Bonchev–Trinajstić information content (AvgIpc) is 3.09. The van der Waals surface area contributed by atoms with E-state index in [9.17, 15) is 9.59 Å². The van der Waals surface area contributed by atoms with E-state index in [4.69, 9.17) is 18.9 Å². The van der Waals surface area contributed by atoms with Crippen LogP contribution in [0.5, 0.6) is 23.0 Å². The quantitative estimate of drug-likeness (QED) is 0.0601. The highest BCUT2D eigenvalue weighted by atomic mass is 16.6. The summed E-state index contributed by atoms with van der Waals surface area (Å²) in [6.07, 6.45) is 1.62. The Morgan fingerprint density at radius 1 is 0.565 bits per heavy atom. The predicted octanol–water partition coefficient (Wildman–Crippen LogP) is 9.09. The average molecular weight is 614 g/mol. The first kappa shape index (κ1) is 31.3. The first-order valence-corrected chi connectivity index (χ1v) is 14.7. The molecule has 0 aliphatic rings. The Labute approximate surface area is 266 Å². The molecule has 0 heterocycles. The monoisotopic (exact) mass is 613 g/mol. The SMILES string of the molecule is CCOc1ccc(C(=O)Oc2ccc(C=Nc3ccc(N=Nc4ccccc4)cc3)cc2OC(=O)c2ccc(OCC)cc2)cc1. The fourth-order valence-electron chi connectivity index (χ4n) is 4.16. The molecule has 0 N–H and O–H groups in total. The first-order chi connectivity index (χ1) is 22.5. The number of esters is 2. The summed E-state index contributed by atoms with van der Waals surface area (Å²) in [4.78, 5) is 30.6. The van der Waals surface area contributed by atoms with Crippen molar-refractivity contribution in [1.82, 2.24) is 0 Å². The van der Waals surface area contributed by atoms with E-state index in [1.165, 1.54) is 0 Å². The molecule has 0 bridgehead atoms. The predicted molar refractivity (Wildman–Crippen MR) is 176 cm³/mol. The number of nitrogens with zero attached hydrogens (tertiary/aromatic N) is 3. The molecule has 0 aliphatic heterocycles. The van der Waals surface area contributed by atoms with Crippen LogP contribution in [0.15, 0.2) is 137 Å². The van der Waals surface area contributed by atoms with E-state index in [0.717, 1.165) is 5.69 Å². The molecular formula is C37H31N3O6. The van der Waals surface area contributed by atoms with Gasteiger partial charge in [-0.1, -0.05) is 18.2 Å². The highest BCUT2D eigenvalue weighted by molar-refractivity contribution is 5.94. The molecule has 0 saturated heterocycles. The van der Waals surface area contributed by atoms with Crippen molar-refractivity contribution in [3.05, 3.63) is 138 Å². The molecule has 0 amide bonds. The van der Waals surface area contributed by atoms with Gasteiger partial charge in [-0.25, -0.2) is 9.59 Å². The van der Waals surface area contributed by atoms with Gasteiger partial charge in [0.05, 0.1) is 41.4 Å². The summed E-state index contributed by atoms with van der Waals surface area (Å²) in [6, 6.07) is 34.7. The van der Waals surface area contributed by atoms with E-state index in [-0.39, 0.29) is 11.5 Å². The Kier molecular flexibility index (Phi) is 10.6. The molecule has 9 heteroatoms. The fraction of sp³-hybridized carbons (Fsp3) is 0.108. The van der Waals surface area contributed by atoms with Crippen LogP contribution in [0.25, 0.3) is 0 Å². The molecule has 0 aromatic heterocycles. The Balaban J connectivity index is 1.35. The first-order valence-electron chi connectivity index (χ1n) is 14.7.